The Kier molecular flexibility index (Phi) is 3.49. The summed E-state index contributed by atoms with van der Waals surface area (Å²) in [7, 11) is 1.73. The van der Waals surface area contributed by atoms with Crippen molar-refractivity contribution in [2.24, 2.45) is 23.7 Å². The second kappa shape index (κ2) is 5.31. The summed E-state index contributed by atoms with van der Waals surface area (Å²) in [5.41, 5.74) is 0.992. The first kappa shape index (κ1) is 13.8. The molecule has 1 N–H and O–H groups in total. The van der Waals surface area contributed by atoms with Crippen LogP contribution in [0.25, 0.3) is 0 Å². The number of fused-ring (bicyclic) bond motifs is 2. The molecule has 2 bridgehead atoms. The SMILES string of the molecule is CN(Cc1ccncc1)C(=O)C1C2C=CC(C2)C1C(=O)O. The summed E-state index contributed by atoms with van der Waals surface area (Å²) in [5.74, 6) is -1.85. The number of carbonyl (C=O) groups excluding carboxylic acids is 1. The predicted molar refractivity (Wildman–Crippen MR) is 76.1 cm³/mol. The van der Waals surface area contributed by atoms with E-state index in [1.54, 1.807) is 24.3 Å². The topological polar surface area (TPSA) is 70.5 Å². The second-order valence-corrected chi connectivity index (χ2v) is 5.89. The lowest BCUT2D eigenvalue weighted by molar-refractivity contribution is -0.150. The number of hydrogen-bond donors (Lipinski definition) is 1. The van der Waals surface area contributed by atoms with E-state index >= 15 is 0 Å². The third-order valence-electron chi connectivity index (χ3n) is 4.57. The number of aromatic nitrogens is 1. The fourth-order valence-electron chi connectivity index (χ4n) is 3.59. The van der Waals surface area contributed by atoms with Crippen molar-refractivity contribution in [1.29, 1.82) is 0 Å². The van der Waals surface area contributed by atoms with Gasteiger partial charge >= 0.3 is 5.97 Å². The predicted octanol–water partition coefficient (Wildman–Crippen LogP) is 1.56. The van der Waals surface area contributed by atoms with Gasteiger partial charge in [-0.25, -0.2) is 0 Å². The number of amides is 1. The summed E-state index contributed by atoms with van der Waals surface area (Å²) in [6, 6.07) is 3.72. The summed E-state index contributed by atoms with van der Waals surface area (Å²) < 4.78 is 0. The number of carboxylic acids is 1. The first-order valence-electron chi connectivity index (χ1n) is 7.13. The van der Waals surface area contributed by atoms with Gasteiger partial charge in [-0.05, 0) is 36.0 Å². The fourth-order valence-corrected chi connectivity index (χ4v) is 3.59. The standard InChI is InChI=1S/C16H18N2O3/c1-18(9-10-4-6-17-7-5-10)15(19)13-11-2-3-12(8-11)14(13)16(20)21/h2-7,11-14H,8-9H2,1H3,(H,20,21). The molecule has 1 amide bonds. The van der Waals surface area contributed by atoms with Crippen molar-refractivity contribution >= 4 is 11.9 Å². The van der Waals surface area contributed by atoms with Gasteiger partial charge in [0.2, 0.25) is 5.91 Å². The molecule has 0 aromatic carbocycles. The van der Waals surface area contributed by atoms with E-state index in [-0.39, 0.29) is 17.7 Å². The Morgan fingerprint density at radius 1 is 1.24 bits per heavy atom. The molecular weight excluding hydrogens is 268 g/mol. The minimum absolute atomic E-state index is 0.00998. The molecule has 0 saturated heterocycles. The summed E-state index contributed by atoms with van der Waals surface area (Å²) in [6.45, 7) is 0.477. The third kappa shape index (κ3) is 2.44. The Morgan fingerprint density at radius 2 is 1.86 bits per heavy atom. The second-order valence-electron chi connectivity index (χ2n) is 5.89. The average molecular weight is 286 g/mol. The summed E-state index contributed by atoms with van der Waals surface area (Å²) >= 11 is 0. The largest absolute Gasteiger partial charge is 0.481 e. The highest BCUT2D eigenvalue weighted by molar-refractivity contribution is 5.86. The van der Waals surface area contributed by atoms with Crippen molar-refractivity contribution in [3.8, 4) is 0 Å². The van der Waals surface area contributed by atoms with Crippen molar-refractivity contribution in [2.75, 3.05) is 7.05 Å². The Morgan fingerprint density at radius 3 is 2.48 bits per heavy atom. The van der Waals surface area contributed by atoms with Gasteiger partial charge in [-0.1, -0.05) is 12.2 Å². The van der Waals surface area contributed by atoms with E-state index in [1.165, 1.54) is 0 Å². The molecule has 2 aliphatic rings. The van der Waals surface area contributed by atoms with Crippen LogP contribution in [0.1, 0.15) is 12.0 Å². The molecule has 3 rings (SSSR count). The number of hydrogen-bond acceptors (Lipinski definition) is 3. The van der Waals surface area contributed by atoms with Crippen LogP contribution in [0.3, 0.4) is 0 Å². The molecule has 0 aliphatic heterocycles. The van der Waals surface area contributed by atoms with Gasteiger partial charge in [-0.3, -0.25) is 14.6 Å². The average Bonchev–Trinajstić information content (AvgIpc) is 3.08. The van der Waals surface area contributed by atoms with Crippen molar-refractivity contribution in [2.45, 2.75) is 13.0 Å². The van der Waals surface area contributed by atoms with E-state index in [1.807, 2.05) is 24.3 Å². The smallest absolute Gasteiger partial charge is 0.307 e. The molecule has 1 saturated carbocycles. The first-order chi connectivity index (χ1) is 10.1. The van der Waals surface area contributed by atoms with Gasteiger partial charge in [0, 0.05) is 26.0 Å². The molecule has 5 nitrogen and oxygen atoms in total. The number of aliphatic carboxylic acids is 1. The molecule has 4 atom stereocenters. The zero-order valence-corrected chi connectivity index (χ0v) is 11.8. The third-order valence-corrected chi connectivity index (χ3v) is 4.57. The number of rotatable bonds is 4. The Hall–Kier alpha value is -2.17. The Labute approximate surface area is 123 Å². The highest BCUT2D eigenvalue weighted by Gasteiger charge is 2.52. The molecule has 1 fully saturated rings. The van der Waals surface area contributed by atoms with Gasteiger partial charge in [0.1, 0.15) is 0 Å². The number of nitrogens with zero attached hydrogens (tertiary/aromatic N) is 2. The fraction of sp³-hybridized carbons (Fsp3) is 0.438. The Bertz CT molecular complexity index is 584. The monoisotopic (exact) mass is 286 g/mol. The quantitative estimate of drug-likeness (QED) is 0.853. The molecule has 1 heterocycles. The van der Waals surface area contributed by atoms with Crippen molar-refractivity contribution in [3.63, 3.8) is 0 Å². The molecule has 0 spiro atoms. The zero-order valence-electron chi connectivity index (χ0n) is 11.8. The number of allylic oxidation sites excluding steroid dienone is 2. The van der Waals surface area contributed by atoms with Crippen LogP contribution in [0.15, 0.2) is 36.7 Å². The number of carbonyl (C=O) groups is 2. The van der Waals surface area contributed by atoms with Gasteiger partial charge in [-0.15, -0.1) is 0 Å². The first-order valence-corrected chi connectivity index (χ1v) is 7.13. The summed E-state index contributed by atoms with van der Waals surface area (Å²) in [5, 5.41) is 9.41. The minimum atomic E-state index is -0.859. The van der Waals surface area contributed by atoms with E-state index in [0.29, 0.717) is 6.54 Å². The van der Waals surface area contributed by atoms with E-state index in [4.69, 9.17) is 0 Å². The Balaban J connectivity index is 1.75. The van der Waals surface area contributed by atoms with E-state index in [0.717, 1.165) is 12.0 Å². The van der Waals surface area contributed by atoms with Crippen LogP contribution in [0, 0.1) is 23.7 Å². The molecule has 5 heteroatoms. The number of carboxylic acid groups (broad SMARTS) is 1. The van der Waals surface area contributed by atoms with Gasteiger partial charge < -0.3 is 10.0 Å². The maximum atomic E-state index is 12.7. The molecule has 1 aromatic heterocycles. The van der Waals surface area contributed by atoms with Crippen molar-refractivity contribution in [3.05, 3.63) is 42.2 Å². The van der Waals surface area contributed by atoms with E-state index < -0.39 is 17.8 Å². The van der Waals surface area contributed by atoms with Crippen LogP contribution in [0.4, 0.5) is 0 Å². The molecule has 0 radical (unpaired) electrons. The van der Waals surface area contributed by atoms with Gasteiger partial charge in [0.25, 0.3) is 0 Å². The van der Waals surface area contributed by atoms with Gasteiger partial charge in [0.15, 0.2) is 0 Å². The number of pyridine rings is 1. The van der Waals surface area contributed by atoms with Crippen LogP contribution in [0.5, 0.6) is 0 Å². The maximum Gasteiger partial charge on any atom is 0.307 e. The molecule has 1 aromatic rings. The van der Waals surface area contributed by atoms with Crippen LogP contribution >= 0.6 is 0 Å². The maximum absolute atomic E-state index is 12.7. The molecule has 21 heavy (non-hydrogen) atoms. The van der Waals surface area contributed by atoms with Crippen LogP contribution < -0.4 is 0 Å². The highest BCUT2D eigenvalue weighted by atomic mass is 16.4. The zero-order chi connectivity index (χ0) is 15.0. The van der Waals surface area contributed by atoms with Crippen LogP contribution in [-0.2, 0) is 16.1 Å². The van der Waals surface area contributed by atoms with Crippen molar-refractivity contribution < 1.29 is 14.7 Å². The molecular formula is C16H18N2O3. The van der Waals surface area contributed by atoms with Crippen LogP contribution in [0.2, 0.25) is 0 Å². The minimum Gasteiger partial charge on any atom is -0.481 e. The molecule has 4 unspecified atom stereocenters. The lowest BCUT2D eigenvalue weighted by Crippen LogP contribution is -2.40. The highest BCUT2D eigenvalue weighted by Crippen LogP contribution is 2.48. The lowest BCUT2D eigenvalue weighted by Gasteiger charge is -2.28. The summed E-state index contributed by atoms with van der Waals surface area (Å²) in [4.78, 5) is 29.7. The summed E-state index contributed by atoms with van der Waals surface area (Å²) in [6.07, 6.45) is 8.13. The van der Waals surface area contributed by atoms with E-state index in [2.05, 4.69) is 4.98 Å². The van der Waals surface area contributed by atoms with Gasteiger partial charge in [0.05, 0.1) is 11.8 Å². The van der Waals surface area contributed by atoms with Crippen LogP contribution in [-0.4, -0.2) is 33.9 Å². The van der Waals surface area contributed by atoms with E-state index in [9.17, 15) is 14.7 Å². The lowest BCUT2D eigenvalue weighted by atomic mass is 9.82. The molecule has 110 valence electrons. The van der Waals surface area contributed by atoms with Crippen molar-refractivity contribution in [1.82, 2.24) is 9.88 Å². The van der Waals surface area contributed by atoms with Gasteiger partial charge in [-0.2, -0.15) is 0 Å². The molecule has 2 aliphatic carbocycles. The normalized spacial score (nSPS) is 29.6.